The van der Waals surface area contributed by atoms with Crippen LogP contribution in [0.1, 0.15) is 4.88 Å². The van der Waals surface area contributed by atoms with E-state index in [4.69, 9.17) is 0 Å². The van der Waals surface area contributed by atoms with Crippen LogP contribution in [0.4, 0.5) is 0 Å². The van der Waals surface area contributed by atoms with Crippen molar-refractivity contribution in [2.24, 2.45) is 0 Å². The molecule has 0 unspecified atom stereocenters. The van der Waals surface area contributed by atoms with Gasteiger partial charge in [-0.15, -0.1) is 16.2 Å². The first-order chi connectivity index (χ1) is 8.95. The summed E-state index contributed by atoms with van der Waals surface area (Å²) in [6.07, 6.45) is 0. The highest BCUT2D eigenvalue weighted by molar-refractivity contribution is 7.90. The summed E-state index contributed by atoms with van der Waals surface area (Å²) in [6.45, 7) is 0.531. The van der Waals surface area contributed by atoms with Crippen LogP contribution >= 0.6 is 11.3 Å². The van der Waals surface area contributed by atoms with Gasteiger partial charge in [0.2, 0.25) is 0 Å². The standard InChI is InChI=1S/C12H17N3O2S2/c1-13-8-11-12(19(16,17)14-15(2)3)9-6-4-5-7-10(9)18-11/h4-7,13-14H,8H2,1-3H3. The minimum absolute atomic E-state index is 0.371. The lowest BCUT2D eigenvalue weighted by atomic mass is 10.2. The number of hydrogen-bond acceptors (Lipinski definition) is 5. The van der Waals surface area contributed by atoms with E-state index < -0.39 is 10.0 Å². The Labute approximate surface area is 117 Å². The van der Waals surface area contributed by atoms with E-state index in [1.165, 1.54) is 16.3 Å². The molecule has 0 aliphatic heterocycles. The molecule has 0 aliphatic carbocycles. The van der Waals surface area contributed by atoms with Crippen LogP contribution in [-0.2, 0) is 16.6 Å². The maximum atomic E-state index is 12.4. The minimum atomic E-state index is -3.55. The fraction of sp³-hybridized carbons (Fsp3) is 0.333. The molecule has 104 valence electrons. The quantitative estimate of drug-likeness (QED) is 0.819. The van der Waals surface area contributed by atoms with Crippen molar-refractivity contribution in [3.05, 3.63) is 29.1 Å². The van der Waals surface area contributed by atoms with Crippen LogP contribution in [0.3, 0.4) is 0 Å². The van der Waals surface area contributed by atoms with E-state index in [9.17, 15) is 8.42 Å². The molecule has 19 heavy (non-hydrogen) atoms. The zero-order valence-corrected chi connectivity index (χ0v) is 12.7. The molecule has 1 aromatic heterocycles. The zero-order chi connectivity index (χ0) is 14.0. The van der Waals surface area contributed by atoms with Crippen molar-refractivity contribution < 1.29 is 8.42 Å². The van der Waals surface area contributed by atoms with Crippen molar-refractivity contribution in [2.45, 2.75) is 11.4 Å². The highest BCUT2D eigenvalue weighted by Crippen LogP contribution is 2.34. The summed E-state index contributed by atoms with van der Waals surface area (Å²) in [5.74, 6) is 0. The van der Waals surface area contributed by atoms with Crippen LogP contribution in [-0.4, -0.2) is 34.6 Å². The van der Waals surface area contributed by atoms with E-state index in [2.05, 4.69) is 10.1 Å². The first-order valence-electron chi connectivity index (χ1n) is 5.80. The van der Waals surface area contributed by atoms with Gasteiger partial charge in [0.1, 0.15) is 4.90 Å². The molecule has 1 heterocycles. The normalized spacial score (nSPS) is 12.4. The molecule has 0 fully saturated rings. The van der Waals surface area contributed by atoms with Gasteiger partial charge in [-0.1, -0.05) is 18.2 Å². The second-order valence-corrected chi connectivity index (χ2v) is 7.10. The van der Waals surface area contributed by atoms with Crippen LogP contribution in [0.2, 0.25) is 0 Å². The summed E-state index contributed by atoms with van der Waals surface area (Å²) in [7, 11) is 1.57. The number of nitrogens with zero attached hydrogens (tertiary/aromatic N) is 1. The van der Waals surface area contributed by atoms with Crippen molar-refractivity contribution in [2.75, 3.05) is 21.1 Å². The maximum Gasteiger partial charge on any atom is 0.255 e. The Morgan fingerprint density at radius 3 is 2.58 bits per heavy atom. The molecule has 0 saturated carbocycles. The van der Waals surface area contributed by atoms with Gasteiger partial charge >= 0.3 is 0 Å². The van der Waals surface area contributed by atoms with Gasteiger partial charge in [0.05, 0.1) is 0 Å². The van der Waals surface area contributed by atoms with Gasteiger partial charge in [0, 0.05) is 35.6 Å². The molecule has 0 bridgehead atoms. The molecule has 1 aromatic carbocycles. The highest BCUT2D eigenvalue weighted by Gasteiger charge is 2.24. The first kappa shape index (κ1) is 14.4. The average molecular weight is 299 g/mol. The van der Waals surface area contributed by atoms with Gasteiger partial charge in [-0.2, -0.15) is 0 Å². The van der Waals surface area contributed by atoms with Gasteiger partial charge in [-0.3, -0.25) is 0 Å². The lowest BCUT2D eigenvalue weighted by molar-refractivity contribution is 0.364. The molecule has 0 amide bonds. The number of nitrogens with one attached hydrogen (secondary N) is 2. The van der Waals surface area contributed by atoms with Gasteiger partial charge < -0.3 is 5.32 Å². The van der Waals surface area contributed by atoms with Gasteiger partial charge in [-0.25, -0.2) is 13.4 Å². The van der Waals surface area contributed by atoms with Gasteiger partial charge in [-0.05, 0) is 13.1 Å². The summed E-state index contributed by atoms with van der Waals surface area (Å²) in [5.41, 5.74) is 0. The molecular formula is C12H17N3O2S2. The number of sulfonamides is 1. The predicted molar refractivity (Wildman–Crippen MR) is 78.6 cm³/mol. The van der Waals surface area contributed by atoms with E-state index in [1.54, 1.807) is 21.1 Å². The zero-order valence-electron chi connectivity index (χ0n) is 11.1. The molecule has 5 nitrogen and oxygen atoms in total. The number of rotatable bonds is 5. The van der Waals surface area contributed by atoms with Crippen molar-refractivity contribution in [1.29, 1.82) is 0 Å². The van der Waals surface area contributed by atoms with Crippen LogP contribution in [0.15, 0.2) is 29.2 Å². The van der Waals surface area contributed by atoms with Crippen LogP contribution < -0.4 is 10.1 Å². The Balaban J connectivity index is 2.65. The van der Waals surface area contributed by atoms with Crippen LogP contribution in [0.5, 0.6) is 0 Å². The number of hydrogen-bond donors (Lipinski definition) is 2. The summed E-state index contributed by atoms with van der Waals surface area (Å²) in [5, 5.41) is 5.22. The third-order valence-electron chi connectivity index (χ3n) is 2.53. The molecule has 0 atom stereocenters. The molecular weight excluding hydrogens is 282 g/mol. The van der Waals surface area contributed by atoms with Crippen molar-refractivity contribution in [3.63, 3.8) is 0 Å². The third kappa shape index (κ3) is 2.96. The summed E-state index contributed by atoms with van der Waals surface area (Å²) >= 11 is 1.50. The van der Waals surface area contributed by atoms with Gasteiger partial charge in [0.15, 0.2) is 0 Å². The number of benzene rings is 1. The SMILES string of the molecule is CNCc1sc2ccccc2c1S(=O)(=O)NN(C)C. The average Bonchev–Trinajstić information content (AvgIpc) is 2.66. The van der Waals surface area contributed by atoms with Crippen molar-refractivity contribution >= 4 is 31.4 Å². The molecule has 2 rings (SSSR count). The van der Waals surface area contributed by atoms with Crippen LogP contribution in [0.25, 0.3) is 10.1 Å². The van der Waals surface area contributed by atoms with E-state index in [-0.39, 0.29) is 0 Å². The summed E-state index contributed by atoms with van der Waals surface area (Å²) < 4.78 is 25.9. The Hall–Kier alpha value is -0.990. The van der Waals surface area contributed by atoms with E-state index in [1.807, 2.05) is 24.3 Å². The lowest BCUT2D eigenvalue weighted by Gasteiger charge is -2.13. The topological polar surface area (TPSA) is 61.4 Å². The number of thiophene rings is 1. The molecule has 2 aromatic rings. The minimum Gasteiger partial charge on any atom is -0.315 e. The van der Waals surface area contributed by atoms with E-state index in [0.29, 0.717) is 11.4 Å². The second-order valence-electron chi connectivity index (χ2n) is 4.37. The third-order valence-corrected chi connectivity index (χ3v) is 5.44. The maximum absolute atomic E-state index is 12.4. The Morgan fingerprint density at radius 2 is 1.95 bits per heavy atom. The van der Waals surface area contributed by atoms with E-state index in [0.717, 1.165) is 15.0 Å². The van der Waals surface area contributed by atoms with Crippen LogP contribution in [0, 0.1) is 0 Å². The highest BCUT2D eigenvalue weighted by atomic mass is 32.2. The Morgan fingerprint density at radius 1 is 1.26 bits per heavy atom. The lowest BCUT2D eigenvalue weighted by Crippen LogP contribution is -2.36. The smallest absolute Gasteiger partial charge is 0.255 e. The predicted octanol–water partition coefficient (Wildman–Crippen LogP) is 1.38. The number of hydrazine groups is 1. The monoisotopic (exact) mass is 299 g/mol. The molecule has 0 saturated heterocycles. The molecule has 7 heteroatoms. The first-order valence-corrected chi connectivity index (χ1v) is 8.10. The number of fused-ring (bicyclic) bond motifs is 1. The van der Waals surface area contributed by atoms with Gasteiger partial charge in [0.25, 0.3) is 10.0 Å². The largest absolute Gasteiger partial charge is 0.315 e. The molecule has 0 spiro atoms. The fourth-order valence-corrected chi connectivity index (χ4v) is 4.97. The second kappa shape index (κ2) is 5.56. The Bertz CT molecular complexity index is 677. The summed E-state index contributed by atoms with van der Waals surface area (Å²) in [6, 6.07) is 7.55. The molecule has 0 aliphatic rings. The fourth-order valence-electron chi connectivity index (χ4n) is 1.93. The Kier molecular flexibility index (Phi) is 4.22. The molecule has 0 radical (unpaired) electrons. The van der Waals surface area contributed by atoms with Crippen molar-refractivity contribution in [3.8, 4) is 0 Å². The van der Waals surface area contributed by atoms with E-state index >= 15 is 0 Å². The van der Waals surface area contributed by atoms with Crippen molar-refractivity contribution in [1.82, 2.24) is 15.2 Å². The summed E-state index contributed by atoms with van der Waals surface area (Å²) in [4.78, 5) is 3.69. The molecule has 2 N–H and O–H groups in total.